The highest BCUT2D eigenvalue weighted by Gasteiger charge is 2.13. The molecule has 0 amide bonds. The van der Waals surface area contributed by atoms with Gasteiger partial charge < -0.3 is 4.52 Å². The van der Waals surface area contributed by atoms with Crippen molar-refractivity contribution in [3.63, 3.8) is 0 Å². The molecule has 0 unspecified atom stereocenters. The quantitative estimate of drug-likeness (QED) is 0.610. The van der Waals surface area contributed by atoms with Gasteiger partial charge in [0, 0.05) is 6.07 Å². The Kier molecular flexibility index (Phi) is 2.21. The highest BCUT2D eigenvalue weighted by atomic mass is 19.3. The van der Waals surface area contributed by atoms with Crippen LogP contribution in [0.4, 0.5) is 8.78 Å². The third-order valence-corrected chi connectivity index (χ3v) is 0.993. The Bertz CT molecular complexity index is 274. The standard InChI is InChI=1S/C7H4F2NO/c1-2-3-5-4-6(7(8)9)11-10-5/h1,3-4,7H. The van der Waals surface area contributed by atoms with Crippen molar-refractivity contribution in [2.75, 3.05) is 0 Å². The molecule has 4 heteroatoms. The fraction of sp³-hybridized carbons (Fsp3) is 0.143. The summed E-state index contributed by atoms with van der Waals surface area (Å²) in [7, 11) is 0. The Morgan fingerprint density at radius 2 is 2.45 bits per heavy atom. The van der Waals surface area contributed by atoms with E-state index in [1.54, 1.807) is 0 Å². The maximum Gasteiger partial charge on any atom is 0.298 e. The van der Waals surface area contributed by atoms with Crippen molar-refractivity contribution in [2.45, 2.75) is 6.43 Å². The van der Waals surface area contributed by atoms with Gasteiger partial charge in [-0.15, -0.1) is 6.42 Å². The molecule has 0 aromatic carbocycles. The van der Waals surface area contributed by atoms with Crippen LogP contribution in [0, 0.1) is 18.8 Å². The summed E-state index contributed by atoms with van der Waals surface area (Å²) in [5.41, 5.74) is 0.239. The van der Waals surface area contributed by atoms with E-state index in [1.807, 2.05) is 0 Å². The predicted molar refractivity (Wildman–Crippen MR) is 33.7 cm³/mol. The molecule has 0 bridgehead atoms. The van der Waals surface area contributed by atoms with Crippen molar-refractivity contribution < 1.29 is 13.3 Å². The normalized spacial score (nSPS) is 10.0. The molecular formula is C7H4F2NO. The van der Waals surface area contributed by atoms with Crippen LogP contribution < -0.4 is 0 Å². The number of aromatic nitrogens is 1. The molecule has 0 saturated carbocycles. The van der Waals surface area contributed by atoms with Gasteiger partial charge in [-0.25, -0.2) is 8.78 Å². The molecule has 0 aliphatic carbocycles. The SMILES string of the molecule is C#C[CH]c1cc(C(F)F)on1. The minimum atomic E-state index is -2.64. The average Bonchev–Trinajstić information content (AvgIpc) is 2.37. The van der Waals surface area contributed by atoms with Gasteiger partial charge in [0.05, 0.1) is 6.42 Å². The van der Waals surface area contributed by atoms with Crippen LogP contribution in [0.2, 0.25) is 0 Å². The van der Waals surface area contributed by atoms with Gasteiger partial charge in [0.2, 0.25) is 5.76 Å². The molecule has 1 aromatic rings. The summed E-state index contributed by atoms with van der Waals surface area (Å²) in [5.74, 6) is 1.68. The van der Waals surface area contributed by atoms with Gasteiger partial charge in [0.15, 0.2) is 0 Å². The zero-order valence-corrected chi connectivity index (χ0v) is 5.42. The number of hydrogen-bond acceptors (Lipinski definition) is 2. The number of rotatable bonds is 2. The van der Waals surface area contributed by atoms with Gasteiger partial charge in [0.25, 0.3) is 6.43 Å². The van der Waals surface area contributed by atoms with Crippen LogP contribution in [0.1, 0.15) is 17.9 Å². The topological polar surface area (TPSA) is 26.0 Å². The molecule has 57 valence electrons. The van der Waals surface area contributed by atoms with Crippen molar-refractivity contribution in [3.05, 3.63) is 23.9 Å². The van der Waals surface area contributed by atoms with Crippen molar-refractivity contribution in [3.8, 4) is 12.3 Å². The molecular weight excluding hydrogens is 152 g/mol. The fourth-order valence-electron chi connectivity index (χ4n) is 0.560. The summed E-state index contributed by atoms with van der Waals surface area (Å²) in [5, 5.41) is 3.27. The van der Waals surface area contributed by atoms with Crippen LogP contribution in [-0.2, 0) is 0 Å². The van der Waals surface area contributed by atoms with Crippen LogP contribution >= 0.6 is 0 Å². The summed E-state index contributed by atoms with van der Waals surface area (Å²) in [6.45, 7) is 0. The first-order valence-corrected chi connectivity index (χ1v) is 2.78. The molecule has 0 N–H and O–H groups in total. The Labute approximate surface area is 62.2 Å². The first-order valence-electron chi connectivity index (χ1n) is 2.78. The Morgan fingerprint density at radius 3 is 2.91 bits per heavy atom. The van der Waals surface area contributed by atoms with Crippen LogP contribution in [0.3, 0.4) is 0 Å². The van der Waals surface area contributed by atoms with E-state index in [1.165, 1.54) is 6.42 Å². The Morgan fingerprint density at radius 1 is 1.73 bits per heavy atom. The summed E-state index contributed by atoms with van der Waals surface area (Å²) < 4.78 is 27.9. The summed E-state index contributed by atoms with van der Waals surface area (Å²) >= 11 is 0. The second-order valence-electron chi connectivity index (χ2n) is 1.77. The minimum absolute atomic E-state index is 0.239. The molecule has 1 rings (SSSR count). The van der Waals surface area contributed by atoms with E-state index in [2.05, 4.69) is 15.6 Å². The van der Waals surface area contributed by atoms with E-state index >= 15 is 0 Å². The molecule has 0 aliphatic heterocycles. The smallest absolute Gasteiger partial charge is 0.298 e. The van der Waals surface area contributed by atoms with Gasteiger partial charge in [0.1, 0.15) is 5.69 Å². The van der Waals surface area contributed by atoms with Crippen LogP contribution in [-0.4, -0.2) is 5.16 Å². The van der Waals surface area contributed by atoms with Gasteiger partial charge in [-0.2, -0.15) is 0 Å². The highest BCUT2D eigenvalue weighted by molar-refractivity contribution is 5.24. The van der Waals surface area contributed by atoms with E-state index in [4.69, 9.17) is 6.42 Å². The molecule has 1 heterocycles. The first-order chi connectivity index (χ1) is 5.24. The lowest BCUT2D eigenvalue weighted by molar-refractivity contribution is 0.112. The van der Waals surface area contributed by atoms with Crippen molar-refractivity contribution >= 4 is 0 Å². The molecule has 0 spiro atoms. The molecule has 0 aliphatic rings. The third kappa shape index (κ3) is 1.77. The predicted octanol–water partition coefficient (Wildman–Crippen LogP) is 1.80. The van der Waals surface area contributed by atoms with E-state index in [9.17, 15) is 8.78 Å². The second-order valence-corrected chi connectivity index (χ2v) is 1.77. The molecule has 0 atom stereocenters. The molecule has 1 radical (unpaired) electrons. The van der Waals surface area contributed by atoms with Gasteiger partial charge in [-0.3, -0.25) is 0 Å². The van der Waals surface area contributed by atoms with Gasteiger partial charge in [-0.05, 0) is 0 Å². The number of nitrogens with zero attached hydrogens (tertiary/aromatic N) is 1. The van der Waals surface area contributed by atoms with E-state index in [0.29, 0.717) is 0 Å². The maximum absolute atomic E-state index is 11.8. The van der Waals surface area contributed by atoms with E-state index in [0.717, 1.165) is 6.07 Å². The first kappa shape index (κ1) is 7.73. The second kappa shape index (κ2) is 3.15. The zero-order valence-electron chi connectivity index (χ0n) is 5.42. The Hall–Kier alpha value is -1.37. The average molecular weight is 156 g/mol. The number of halogens is 2. The lowest BCUT2D eigenvalue weighted by Gasteiger charge is -1.85. The van der Waals surface area contributed by atoms with Crippen molar-refractivity contribution in [1.82, 2.24) is 5.16 Å². The summed E-state index contributed by atoms with van der Waals surface area (Å²) in [6.07, 6.45) is 3.48. The maximum atomic E-state index is 11.8. The number of hydrogen-bond donors (Lipinski definition) is 0. The molecule has 0 saturated heterocycles. The minimum Gasteiger partial charge on any atom is -0.355 e. The fourth-order valence-corrected chi connectivity index (χ4v) is 0.560. The molecule has 1 aromatic heterocycles. The van der Waals surface area contributed by atoms with Gasteiger partial charge in [-0.1, -0.05) is 11.1 Å². The molecule has 0 fully saturated rings. The van der Waals surface area contributed by atoms with Crippen molar-refractivity contribution in [1.29, 1.82) is 0 Å². The van der Waals surface area contributed by atoms with E-state index < -0.39 is 12.2 Å². The highest BCUT2D eigenvalue weighted by Crippen LogP contribution is 2.19. The monoisotopic (exact) mass is 156 g/mol. The van der Waals surface area contributed by atoms with E-state index in [-0.39, 0.29) is 5.69 Å². The van der Waals surface area contributed by atoms with Crippen LogP contribution in [0.15, 0.2) is 10.6 Å². The summed E-state index contributed by atoms with van der Waals surface area (Å²) in [6, 6.07) is 1.10. The number of terminal acetylenes is 1. The Balaban J connectivity index is 2.75. The van der Waals surface area contributed by atoms with Crippen molar-refractivity contribution in [2.24, 2.45) is 0 Å². The lowest BCUT2D eigenvalue weighted by atomic mass is 10.3. The zero-order chi connectivity index (χ0) is 8.27. The molecule has 11 heavy (non-hydrogen) atoms. The lowest BCUT2D eigenvalue weighted by Crippen LogP contribution is -1.76. The van der Waals surface area contributed by atoms with Crippen LogP contribution in [0.5, 0.6) is 0 Å². The third-order valence-electron chi connectivity index (χ3n) is 0.993. The molecule has 2 nitrogen and oxygen atoms in total. The van der Waals surface area contributed by atoms with Crippen LogP contribution in [0.25, 0.3) is 0 Å². The largest absolute Gasteiger partial charge is 0.355 e. The summed E-state index contributed by atoms with van der Waals surface area (Å²) in [4.78, 5) is 0. The number of alkyl halides is 2. The van der Waals surface area contributed by atoms with Gasteiger partial charge >= 0.3 is 0 Å².